The number of ether oxygens (including phenoxy) is 1. The lowest BCUT2D eigenvalue weighted by atomic mass is 9.78. The minimum absolute atomic E-state index is 0.207. The van der Waals surface area contributed by atoms with Crippen molar-refractivity contribution >= 4 is 10.9 Å². The van der Waals surface area contributed by atoms with Gasteiger partial charge in [0.25, 0.3) is 0 Å². The second kappa shape index (κ2) is 6.02. The average molecular weight is 284 g/mol. The quantitative estimate of drug-likeness (QED) is 0.934. The van der Waals surface area contributed by atoms with Crippen LogP contribution in [0, 0.1) is 11.8 Å². The highest BCUT2D eigenvalue weighted by molar-refractivity contribution is 5.84. The van der Waals surface area contributed by atoms with Crippen LogP contribution in [-0.4, -0.2) is 24.2 Å². The Hall–Kier alpha value is -1.61. The van der Waals surface area contributed by atoms with Crippen molar-refractivity contribution in [3.05, 3.63) is 36.5 Å². The summed E-state index contributed by atoms with van der Waals surface area (Å²) in [7, 11) is 2.03. The molecule has 1 aliphatic carbocycles. The molecule has 4 unspecified atom stereocenters. The van der Waals surface area contributed by atoms with Crippen molar-refractivity contribution < 1.29 is 4.74 Å². The van der Waals surface area contributed by atoms with E-state index >= 15 is 0 Å². The summed E-state index contributed by atoms with van der Waals surface area (Å²) in [6.07, 6.45) is 4.43. The first kappa shape index (κ1) is 14.3. The molecule has 0 spiro atoms. The Bertz CT molecular complexity index is 608. The molecule has 0 radical (unpaired) electrons. The Morgan fingerprint density at radius 1 is 1.14 bits per heavy atom. The molecule has 0 saturated heterocycles. The van der Waals surface area contributed by atoms with Gasteiger partial charge in [-0.1, -0.05) is 32.0 Å². The summed E-state index contributed by atoms with van der Waals surface area (Å²) in [4.78, 5) is 4.49. The third-order valence-corrected chi connectivity index (χ3v) is 4.62. The van der Waals surface area contributed by atoms with Crippen LogP contribution < -0.4 is 10.1 Å². The van der Waals surface area contributed by atoms with Crippen molar-refractivity contribution in [2.45, 2.75) is 38.8 Å². The maximum atomic E-state index is 6.41. The summed E-state index contributed by atoms with van der Waals surface area (Å²) in [5.41, 5.74) is 0.959. The van der Waals surface area contributed by atoms with E-state index in [-0.39, 0.29) is 6.10 Å². The maximum Gasteiger partial charge on any atom is 0.146 e. The zero-order chi connectivity index (χ0) is 14.8. The number of hydrogen-bond donors (Lipinski definition) is 1. The van der Waals surface area contributed by atoms with Gasteiger partial charge in [0, 0.05) is 17.6 Å². The number of aromatic nitrogens is 1. The van der Waals surface area contributed by atoms with Crippen molar-refractivity contribution in [1.82, 2.24) is 10.3 Å². The van der Waals surface area contributed by atoms with E-state index in [0.717, 1.165) is 22.6 Å². The van der Waals surface area contributed by atoms with Crippen molar-refractivity contribution in [2.24, 2.45) is 11.8 Å². The van der Waals surface area contributed by atoms with Crippen LogP contribution in [-0.2, 0) is 0 Å². The molecular formula is C18H24N2O. The first-order chi connectivity index (χ1) is 10.2. The molecule has 1 fully saturated rings. The first-order valence-corrected chi connectivity index (χ1v) is 7.86. The Kier molecular flexibility index (Phi) is 4.11. The smallest absolute Gasteiger partial charge is 0.146 e. The molecular weight excluding hydrogens is 260 g/mol. The SMILES string of the molecule is CNC1CC(C)CC(C)C1Oc1cccc2cccnc12. The van der Waals surface area contributed by atoms with Crippen LogP contribution in [0.1, 0.15) is 26.7 Å². The average Bonchev–Trinajstić information content (AvgIpc) is 2.50. The number of pyridine rings is 1. The maximum absolute atomic E-state index is 6.41. The molecule has 1 N–H and O–H groups in total. The van der Waals surface area contributed by atoms with Gasteiger partial charge >= 0.3 is 0 Å². The van der Waals surface area contributed by atoms with E-state index in [4.69, 9.17) is 4.74 Å². The van der Waals surface area contributed by atoms with E-state index in [1.165, 1.54) is 12.8 Å². The number of para-hydroxylation sites is 1. The van der Waals surface area contributed by atoms with Gasteiger partial charge in [0.1, 0.15) is 17.4 Å². The Morgan fingerprint density at radius 3 is 2.76 bits per heavy atom. The van der Waals surface area contributed by atoms with Gasteiger partial charge in [-0.05, 0) is 43.9 Å². The Labute approximate surface area is 126 Å². The van der Waals surface area contributed by atoms with Gasteiger partial charge < -0.3 is 10.1 Å². The Morgan fingerprint density at radius 2 is 1.95 bits per heavy atom. The molecule has 0 bridgehead atoms. The summed E-state index contributed by atoms with van der Waals surface area (Å²) in [5, 5.41) is 4.57. The van der Waals surface area contributed by atoms with E-state index < -0.39 is 0 Å². The molecule has 1 heterocycles. The normalized spacial score (nSPS) is 29.5. The second-order valence-electron chi connectivity index (χ2n) is 6.36. The summed E-state index contributed by atoms with van der Waals surface area (Å²) in [6.45, 7) is 4.62. The van der Waals surface area contributed by atoms with Crippen molar-refractivity contribution in [3.8, 4) is 5.75 Å². The van der Waals surface area contributed by atoms with E-state index in [1.54, 1.807) is 0 Å². The molecule has 1 aromatic carbocycles. The minimum Gasteiger partial charge on any atom is -0.486 e. The molecule has 1 aromatic heterocycles. The topological polar surface area (TPSA) is 34.1 Å². The lowest BCUT2D eigenvalue weighted by molar-refractivity contribution is 0.0517. The van der Waals surface area contributed by atoms with Crippen LogP contribution in [0.3, 0.4) is 0 Å². The molecule has 0 aliphatic heterocycles. The fourth-order valence-corrected chi connectivity index (χ4v) is 3.63. The summed E-state index contributed by atoms with van der Waals surface area (Å²) < 4.78 is 6.41. The monoisotopic (exact) mass is 284 g/mol. The number of nitrogens with zero attached hydrogens (tertiary/aromatic N) is 1. The van der Waals surface area contributed by atoms with Gasteiger partial charge in [-0.25, -0.2) is 0 Å². The van der Waals surface area contributed by atoms with Gasteiger partial charge in [0.15, 0.2) is 0 Å². The molecule has 112 valence electrons. The standard InChI is InChI=1S/C18H24N2O/c1-12-10-13(2)18(15(11-12)19-3)21-16-8-4-6-14-7-5-9-20-17(14)16/h4-9,12-13,15,18-19H,10-11H2,1-3H3. The van der Waals surface area contributed by atoms with E-state index in [9.17, 15) is 0 Å². The molecule has 0 amide bonds. The number of likely N-dealkylation sites (N-methyl/N-ethyl adjacent to an activating group) is 1. The Balaban J connectivity index is 1.90. The number of benzene rings is 1. The molecule has 3 nitrogen and oxygen atoms in total. The van der Waals surface area contributed by atoms with Crippen molar-refractivity contribution in [2.75, 3.05) is 7.05 Å². The highest BCUT2D eigenvalue weighted by Crippen LogP contribution is 2.33. The van der Waals surface area contributed by atoms with Crippen LogP contribution in [0.5, 0.6) is 5.75 Å². The minimum atomic E-state index is 0.207. The van der Waals surface area contributed by atoms with Crippen molar-refractivity contribution in [1.29, 1.82) is 0 Å². The number of hydrogen-bond acceptors (Lipinski definition) is 3. The molecule has 2 aromatic rings. The highest BCUT2D eigenvalue weighted by atomic mass is 16.5. The first-order valence-electron chi connectivity index (χ1n) is 7.86. The lowest BCUT2D eigenvalue weighted by Gasteiger charge is -2.39. The van der Waals surface area contributed by atoms with Crippen LogP contribution in [0.25, 0.3) is 10.9 Å². The predicted octanol–water partition coefficient (Wildman–Crippen LogP) is 3.64. The molecule has 1 saturated carbocycles. The van der Waals surface area contributed by atoms with Gasteiger partial charge in [-0.3, -0.25) is 4.98 Å². The fraction of sp³-hybridized carbons (Fsp3) is 0.500. The van der Waals surface area contributed by atoms with E-state index in [2.05, 4.69) is 36.3 Å². The van der Waals surface area contributed by atoms with Crippen LogP contribution in [0.2, 0.25) is 0 Å². The summed E-state index contributed by atoms with van der Waals surface area (Å²) >= 11 is 0. The molecule has 3 heteroatoms. The lowest BCUT2D eigenvalue weighted by Crippen LogP contribution is -2.49. The van der Waals surface area contributed by atoms with Gasteiger partial charge in [-0.15, -0.1) is 0 Å². The van der Waals surface area contributed by atoms with Crippen LogP contribution in [0.4, 0.5) is 0 Å². The van der Waals surface area contributed by atoms with E-state index in [1.807, 2.05) is 31.4 Å². The van der Waals surface area contributed by atoms with Crippen molar-refractivity contribution in [3.63, 3.8) is 0 Å². The highest BCUT2D eigenvalue weighted by Gasteiger charge is 2.35. The summed E-state index contributed by atoms with van der Waals surface area (Å²) in [5.74, 6) is 2.20. The largest absolute Gasteiger partial charge is 0.486 e. The number of rotatable bonds is 3. The van der Waals surface area contributed by atoms with Crippen LogP contribution >= 0.6 is 0 Å². The van der Waals surface area contributed by atoms with Crippen LogP contribution in [0.15, 0.2) is 36.5 Å². The van der Waals surface area contributed by atoms with Gasteiger partial charge in [0.2, 0.25) is 0 Å². The zero-order valence-electron chi connectivity index (χ0n) is 13.0. The number of fused-ring (bicyclic) bond motifs is 1. The molecule has 3 rings (SSSR count). The second-order valence-corrected chi connectivity index (χ2v) is 6.36. The van der Waals surface area contributed by atoms with Gasteiger partial charge in [-0.2, -0.15) is 0 Å². The van der Waals surface area contributed by atoms with E-state index in [0.29, 0.717) is 12.0 Å². The molecule has 21 heavy (non-hydrogen) atoms. The van der Waals surface area contributed by atoms with Gasteiger partial charge in [0.05, 0.1) is 0 Å². The number of nitrogens with one attached hydrogen (secondary N) is 1. The molecule has 1 aliphatic rings. The third-order valence-electron chi connectivity index (χ3n) is 4.62. The zero-order valence-corrected chi connectivity index (χ0v) is 13.0. The molecule has 4 atom stereocenters. The predicted molar refractivity (Wildman–Crippen MR) is 86.6 cm³/mol. The summed E-state index contributed by atoms with van der Waals surface area (Å²) in [6, 6.07) is 10.6. The fourth-order valence-electron chi connectivity index (χ4n) is 3.63. The third kappa shape index (κ3) is 2.88.